The van der Waals surface area contributed by atoms with E-state index in [2.05, 4.69) is 6.92 Å². The summed E-state index contributed by atoms with van der Waals surface area (Å²) in [6.45, 7) is 4.52. The fourth-order valence-corrected chi connectivity index (χ4v) is 3.03. The van der Waals surface area contributed by atoms with Crippen LogP contribution in [0.15, 0.2) is 0 Å². The van der Waals surface area contributed by atoms with Gasteiger partial charge in [0.2, 0.25) is 0 Å². The van der Waals surface area contributed by atoms with Crippen molar-refractivity contribution in [2.24, 2.45) is 11.7 Å². The van der Waals surface area contributed by atoms with Crippen LogP contribution < -0.4 is 5.73 Å². The van der Waals surface area contributed by atoms with Crippen LogP contribution in [0.2, 0.25) is 0 Å². The molecule has 0 aromatic carbocycles. The summed E-state index contributed by atoms with van der Waals surface area (Å²) in [6, 6.07) is 0.114. The zero-order chi connectivity index (χ0) is 12.3. The second kappa shape index (κ2) is 5.65. The number of ether oxygens (including phenoxy) is 3. The number of hydrogen-bond acceptors (Lipinski definition) is 4. The van der Waals surface area contributed by atoms with Crippen LogP contribution in [0.25, 0.3) is 0 Å². The van der Waals surface area contributed by atoms with Gasteiger partial charge in [0.05, 0.1) is 11.7 Å². The first-order chi connectivity index (χ1) is 8.17. The molecule has 100 valence electrons. The van der Waals surface area contributed by atoms with Gasteiger partial charge in [-0.15, -0.1) is 0 Å². The van der Waals surface area contributed by atoms with Crippen molar-refractivity contribution in [3.63, 3.8) is 0 Å². The second-order valence-corrected chi connectivity index (χ2v) is 5.41. The SMILES string of the molecule is COC(C)C(N)C1CCOC2(CCOCC2)C1. The fraction of sp³-hybridized carbons (Fsp3) is 1.00. The molecule has 2 aliphatic rings. The molecular weight excluding hydrogens is 218 g/mol. The topological polar surface area (TPSA) is 53.7 Å². The van der Waals surface area contributed by atoms with Gasteiger partial charge in [-0.05, 0) is 38.5 Å². The van der Waals surface area contributed by atoms with Gasteiger partial charge in [0.15, 0.2) is 0 Å². The van der Waals surface area contributed by atoms with E-state index < -0.39 is 0 Å². The second-order valence-electron chi connectivity index (χ2n) is 5.41. The highest BCUT2D eigenvalue weighted by molar-refractivity contribution is 4.93. The molecule has 0 aromatic rings. The Morgan fingerprint density at radius 1 is 1.29 bits per heavy atom. The van der Waals surface area contributed by atoms with E-state index in [1.54, 1.807) is 7.11 Å². The monoisotopic (exact) mass is 243 g/mol. The van der Waals surface area contributed by atoms with Crippen molar-refractivity contribution in [2.45, 2.75) is 50.4 Å². The van der Waals surface area contributed by atoms with Crippen molar-refractivity contribution in [3.8, 4) is 0 Å². The number of methoxy groups -OCH3 is 1. The Morgan fingerprint density at radius 2 is 2.00 bits per heavy atom. The maximum Gasteiger partial charge on any atom is 0.0729 e. The van der Waals surface area contributed by atoms with Gasteiger partial charge in [-0.3, -0.25) is 0 Å². The number of nitrogens with two attached hydrogens (primary N) is 1. The minimum Gasteiger partial charge on any atom is -0.381 e. The van der Waals surface area contributed by atoms with Gasteiger partial charge in [0.25, 0.3) is 0 Å². The molecular formula is C13H25NO3. The van der Waals surface area contributed by atoms with Crippen LogP contribution in [0.3, 0.4) is 0 Å². The lowest BCUT2D eigenvalue weighted by Crippen LogP contribution is -2.51. The molecule has 2 saturated heterocycles. The van der Waals surface area contributed by atoms with E-state index in [9.17, 15) is 0 Å². The fourth-order valence-electron chi connectivity index (χ4n) is 3.03. The van der Waals surface area contributed by atoms with Gasteiger partial charge in [0, 0.05) is 33.0 Å². The van der Waals surface area contributed by atoms with E-state index in [1.165, 1.54) is 0 Å². The zero-order valence-corrected chi connectivity index (χ0v) is 11.0. The summed E-state index contributed by atoms with van der Waals surface area (Å²) in [6.07, 6.45) is 4.26. The molecule has 0 radical (unpaired) electrons. The lowest BCUT2D eigenvalue weighted by atomic mass is 9.77. The van der Waals surface area contributed by atoms with Crippen molar-refractivity contribution in [3.05, 3.63) is 0 Å². The van der Waals surface area contributed by atoms with E-state index in [0.717, 1.165) is 45.5 Å². The maximum atomic E-state index is 6.28. The average molecular weight is 243 g/mol. The Balaban J connectivity index is 1.96. The van der Waals surface area contributed by atoms with Crippen LogP contribution >= 0.6 is 0 Å². The van der Waals surface area contributed by atoms with Crippen molar-refractivity contribution in [1.82, 2.24) is 0 Å². The molecule has 2 aliphatic heterocycles. The van der Waals surface area contributed by atoms with Crippen molar-refractivity contribution in [1.29, 1.82) is 0 Å². The van der Waals surface area contributed by atoms with E-state index >= 15 is 0 Å². The zero-order valence-electron chi connectivity index (χ0n) is 11.0. The third-order valence-electron chi connectivity index (χ3n) is 4.39. The van der Waals surface area contributed by atoms with Crippen LogP contribution in [0.1, 0.15) is 32.6 Å². The molecule has 0 aromatic heterocycles. The van der Waals surface area contributed by atoms with E-state index in [1.807, 2.05) is 0 Å². The van der Waals surface area contributed by atoms with Crippen LogP contribution in [0.4, 0.5) is 0 Å². The molecule has 0 bridgehead atoms. The van der Waals surface area contributed by atoms with Crippen LogP contribution in [-0.4, -0.2) is 44.7 Å². The summed E-state index contributed by atoms with van der Waals surface area (Å²) in [4.78, 5) is 0. The van der Waals surface area contributed by atoms with Gasteiger partial charge in [0.1, 0.15) is 0 Å². The third-order valence-corrected chi connectivity index (χ3v) is 4.39. The highest BCUT2D eigenvalue weighted by Gasteiger charge is 2.41. The van der Waals surface area contributed by atoms with Crippen molar-refractivity contribution in [2.75, 3.05) is 26.9 Å². The van der Waals surface area contributed by atoms with Crippen LogP contribution in [-0.2, 0) is 14.2 Å². The van der Waals surface area contributed by atoms with Crippen molar-refractivity contribution < 1.29 is 14.2 Å². The highest BCUT2D eigenvalue weighted by atomic mass is 16.5. The molecule has 0 saturated carbocycles. The first kappa shape index (κ1) is 13.3. The molecule has 2 rings (SSSR count). The molecule has 0 aliphatic carbocycles. The van der Waals surface area contributed by atoms with Gasteiger partial charge >= 0.3 is 0 Å². The Kier molecular flexibility index (Phi) is 4.42. The standard InChI is InChI=1S/C13H25NO3/c1-10(15-2)12(14)11-3-6-17-13(9-11)4-7-16-8-5-13/h10-12H,3-9,14H2,1-2H3. The lowest BCUT2D eigenvalue weighted by Gasteiger charge is -2.45. The predicted octanol–water partition coefficient (Wildman–Crippen LogP) is 1.32. The lowest BCUT2D eigenvalue weighted by molar-refractivity contribution is -0.152. The van der Waals surface area contributed by atoms with Gasteiger partial charge in [-0.2, -0.15) is 0 Å². The van der Waals surface area contributed by atoms with Gasteiger partial charge < -0.3 is 19.9 Å². The summed E-state index contributed by atoms with van der Waals surface area (Å²) in [7, 11) is 1.73. The molecule has 17 heavy (non-hydrogen) atoms. The molecule has 3 unspecified atom stereocenters. The first-order valence-electron chi connectivity index (χ1n) is 6.67. The predicted molar refractivity (Wildman–Crippen MR) is 65.9 cm³/mol. The Morgan fingerprint density at radius 3 is 2.65 bits per heavy atom. The Labute approximate surface area is 104 Å². The minimum absolute atomic E-state index is 0.0340. The summed E-state index contributed by atoms with van der Waals surface area (Å²) in [5.74, 6) is 0.511. The minimum atomic E-state index is 0.0340. The molecule has 2 heterocycles. The average Bonchev–Trinajstić information content (AvgIpc) is 2.38. The Hall–Kier alpha value is -0.160. The van der Waals surface area contributed by atoms with Gasteiger partial charge in [-0.25, -0.2) is 0 Å². The third kappa shape index (κ3) is 2.99. The van der Waals surface area contributed by atoms with E-state index in [4.69, 9.17) is 19.9 Å². The number of hydrogen-bond donors (Lipinski definition) is 1. The number of rotatable bonds is 3. The summed E-state index contributed by atoms with van der Waals surface area (Å²) >= 11 is 0. The highest BCUT2D eigenvalue weighted by Crippen LogP contribution is 2.38. The van der Waals surface area contributed by atoms with Crippen LogP contribution in [0, 0.1) is 5.92 Å². The normalized spacial score (nSPS) is 32.3. The largest absolute Gasteiger partial charge is 0.381 e. The summed E-state index contributed by atoms with van der Waals surface area (Å²) in [5.41, 5.74) is 6.31. The van der Waals surface area contributed by atoms with Crippen LogP contribution in [0.5, 0.6) is 0 Å². The molecule has 4 heteroatoms. The molecule has 3 atom stereocenters. The maximum absolute atomic E-state index is 6.28. The van der Waals surface area contributed by atoms with E-state index in [0.29, 0.717) is 5.92 Å². The summed E-state index contributed by atoms with van der Waals surface area (Å²) in [5, 5.41) is 0. The molecule has 4 nitrogen and oxygen atoms in total. The van der Waals surface area contributed by atoms with E-state index in [-0.39, 0.29) is 17.7 Å². The molecule has 0 amide bonds. The smallest absolute Gasteiger partial charge is 0.0729 e. The molecule has 1 spiro atoms. The molecule has 2 fully saturated rings. The van der Waals surface area contributed by atoms with Crippen molar-refractivity contribution >= 4 is 0 Å². The van der Waals surface area contributed by atoms with Gasteiger partial charge in [-0.1, -0.05) is 0 Å². The Bertz CT molecular complexity index is 235. The summed E-state index contributed by atoms with van der Waals surface area (Å²) < 4.78 is 16.8. The molecule has 2 N–H and O–H groups in total. The quantitative estimate of drug-likeness (QED) is 0.812. The first-order valence-corrected chi connectivity index (χ1v) is 6.67.